The second-order valence-corrected chi connectivity index (χ2v) is 3.33. The Hall–Kier alpha value is -1.36. The van der Waals surface area contributed by atoms with Crippen LogP contribution in [0.1, 0.15) is 32.0 Å². The number of aromatic nitrogens is 2. The van der Waals surface area contributed by atoms with Gasteiger partial charge in [0, 0.05) is 0 Å². The van der Waals surface area contributed by atoms with E-state index in [9.17, 15) is 0 Å². The number of nitrogens with one attached hydrogen (secondary N) is 1. The molecule has 1 heterocycles. The lowest BCUT2D eigenvalue weighted by molar-refractivity contribution is 0.348. The first-order chi connectivity index (χ1) is 7.76. The minimum atomic E-state index is 0.165. The van der Waals surface area contributed by atoms with Crippen LogP contribution in [0.25, 0.3) is 0 Å². The molecule has 0 spiro atoms. The SMILES string of the molecule is CCNC(CC)c1ncc(OC)nc1OC. The molecule has 0 aliphatic heterocycles. The van der Waals surface area contributed by atoms with Crippen molar-refractivity contribution in [1.82, 2.24) is 15.3 Å². The molecular weight excluding hydrogens is 206 g/mol. The minimum Gasteiger partial charge on any atom is -0.480 e. The molecule has 1 atom stereocenters. The average Bonchev–Trinajstić information content (AvgIpc) is 2.35. The number of rotatable bonds is 6. The van der Waals surface area contributed by atoms with E-state index in [0.717, 1.165) is 18.7 Å². The van der Waals surface area contributed by atoms with Gasteiger partial charge < -0.3 is 14.8 Å². The molecule has 0 aliphatic rings. The fraction of sp³-hybridized carbons (Fsp3) is 0.636. The maximum Gasteiger partial charge on any atom is 0.240 e. The molecule has 1 aromatic heterocycles. The van der Waals surface area contributed by atoms with E-state index in [4.69, 9.17) is 9.47 Å². The number of methoxy groups -OCH3 is 2. The van der Waals surface area contributed by atoms with Crippen LogP contribution in [-0.4, -0.2) is 30.7 Å². The van der Waals surface area contributed by atoms with Crippen molar-refractivity contribution in [3.05, 3.63) is 11.9 Å². The molecular formula is C11H19N3O2. The zero-order valence-electron chi connectivity index (χ0n) is 10.3. The summed E-state index contributed by atoms with van der Waals surface area (Å²) in [5, 5.41) is 3.34. The van der Waals surface area contributed by atoms with Gasteiger partial charge in [-0.1, -0.05) is 13.8 Å². The van der Waals surface area contributed by atoms with E-state index in [-0.39, 0.29) is 6.04 Å². The Balaban J connectivity index is 3.01. The van der Waals surface area contributed by atoms with Gasteiger partial charge in [-0.15, -0.1) is 0 Å². The minimum absolute atomic E-state index is 0.165. The van der Waals surface area contributed by atoms with Crippen molar-refractivity contribution in [2.75, 3.05) is 20.8 Å². The summed E-state index contributed by atoms with van der Waals surface area (Å²) in [4.78, 5) is 8.55. The third-order valence-corrected chi connectivity index (χ3v) is 2.34. The Morgan fingerprint density at radius 2 is 2.06 bits per heavy atom. The van der Waals surface area contributed by atoms with Gasteiger partial charge in [-0.3, -0.25) is 0 Å². The van der Waals surface area contributed by atoms with Crippen molar-refractivity contribution < 1.29 is 9.47 Å². The second-order valence-electron chi connectivity index (χ2n) is 3.33. The first-order valence-electron chi connectivity index (χ1n) is 5.45. The lowest BCUT2D eigenvalue weighted by Crippen LogP contribution is -2.22. The van der Waals surface area contributed by atoms with Crippen LogP contribution in [0.2, 0.25) is 0 Å². The van der Waals surface area contributed by atoms with Gasteiger partial charge in [0.05, 0.1) is 26.5 Å². The highest BCUT2D eigenvalue weighted by atomic mass is 16.5. The number of ether oxygens (including phenoxy) is 2. The highest BCUT2D eigenvalue weighted by molar-refractivity contribution is 5.25. The van der Waals surface area contributed by atoms with E-state index >= 15 is 0 Å². The van der Waals surface area contributed by atoms with Crippen LogP contribution >= 0.6 is 0 Å². The molecule has 16 heavy (non-hydrogen) atoms. The highest BCUT2D eigenvalue weighted by Gasteiger charge is 2.17. The average molecular weight is 225 g/mol. The summed E-state index contributed by atoms with van der Waals surface area (Å²) >= 11 is 0. The molecule has 1 aromatic rings. The highest BCUT2D eigenvalue weighted by Crippen LogP contribution is 2.24. The van der Waals surface area contributed by atoms with Crippen LogP contribution in [0.3, 0.4) is 0 Å². The maximum absolute atomic E-state index is 5.22. The lowest BCUT2D eigenvalue weighted by Gasteiger charge is -2.17. The first kappa shape index (κ1) is 12.7. The summed E-state index contributed by atoms with van der Waals surface area (Å²) in [7, 11) is 3.15. The second kappa shape index (κ2) is 6.27. The Kier molecular flexibility index (Phi) is 4.98. The van der Waals surface area contributed by atoms with Crippen LogP contribution in [0.15, 0.2) is 6.20 Å². The molecule has 90 valence electrons. The molecule has 0 aromatic carbocycles. The molecule has 0 fully saturated rings. The van der Waals surface area contributed by atoms with Crippen LogP contribution < -0.4 is 14.8 Å². The molecule has 1 unspecified atom stereocenters. The molecule has 0 aliphatic carbocycles. The Bertz CT molecular complexity index is 331. The quantitative estimate of drug-likeness (QED) is 0.796. The van der Waals surface area contributed by atoms with Gasteiger partial charge in [-0.05, 0) is 13.0 Å². The standard InChI is InChI=1S/C11H19N3O2/c1-5-8(12-6-2)10-11(16-4)14-9(15-3)7-13-10/h7-8,12H,5-6H2,1-4H3. The van der Waals surface area contributed by atoms with Crippen LogP contribution in [-0.2, 0) is 0 Å². The van der Waals surface area contributed by atoms with Crippen molar-refractivity contribution in [2.45, 2.75) is 26.3 Å². The van der Waals surface area contributed by atoms with Crippen molar-refractivity contribution in [3.63, 3.8) is 0 Å². The zero-order chi connectivity index (χ0) is 12.0. The van der Waals surface area contributed by atoms with E-state index in [1.54, 1.807) is 20.4 Å². The summed E-state index contributed by atoms with van der Waals surface area (Å²) in [5.41, 5.74) is 0.827. The molecule has 1 N–H and O–H groups in total. The zero-order valence-corrected chi connectivity index (χ0v) is 10.3. The summed E-state index contributed by atoms with van der Waals surface area (Å²) in [6.07, 6.45) is 2.54. The van der Waals surface area contributed by atoms with Crippen molar-refractivity contribution in [2.24, 2.45) is 0 Å². The van der Waals surface area contributed by atoms with Crippen LogP contribution in [0.4, 0.5) is 0 Å². The number of hydrogen-bond acceptors (Lipinski definition) is 5. The van der Waals surface area contributed by atoms with Crippen molar-refractivity contribution in [3.8, 4) is 11.8 Å². The molecule has 0 radical (unpaired) electrons. The molecule has 1 rings (SSSR count). The van der Waals surface area contributed by atoms with E-state index in [1.807, 2.05) is 0 Å². The largest absolute Gasteiger partial charge is 0.480 e. The molecule has 5 nitrogen and oxygen atoms in total. The van der Waals surface area contributed by atoms with Crippen molar-refractivity contribution in [1.29, 1.82) is 0 Å². The maximum atomic E-state index is 5.22. The van der Waals surface area contributed by atoms with Gasteiger partial charge in [0.15, 0.2) is 0 Å². The Morgan fingerprint density at radius 3 is 2.56 bits per heavy atom. The fourth-order valence-electron chi connectivity index (χ4n) is 1.53. The van der Waals surface area contributed by atoms with Gasteiger partial charge in [-0.25, -0.2) is 4.98 Å². The summed E-state index contributed by atoms with van der Waals surface area (Å²) < 4.78 is 10.2. The van der Waals surface area contributed by atoms with E-state index < -0.39 is 0 Å². The monoisotopic (exact) mass is 225 g/mol. The smallest absolute Gasteiger partial charge is 0.240 e. The van der Waals surface area contributed by atoms with E-state index in [0.29, 0.717) is 11.8 Å². The van der Waals surface area contributed by atoms with Gasteiger partial charge in [0.1, 0.15) is 5.69 Å². The predicted octanol–water partition coefficient (Wildman–Crippen LogP) is 1.55. The predicted molar refractivity (Wildman–Crippen MR) is 61.8 cm³/mol. The molecule has 5 heteroatoms. The van der Waals surface area contributed by atoms with Crippen LogP contribution in [0.5, 0.6) is 11.8 Å². The number of hydrogen-bond donors (Lipinski definition) is 1. The normalized spacial score (nSPS) is 12.2. The van der Waals surface area contributed by atoms with Crippen molar-refractivity contribution >= 4 is 0 Å². The third-order valence-electron chi connectivity index (χ3n) is 2.34. The van der Waals surface area contributed by atoms with Gasteiger partial charge in [0.25, 0.3) is 0 Å². The van der Waals surface area contributed by atoms with Gasteiger partial charge in [0.2, 0.25) is 11.8 Å². The Labute approximate surface area is 96.2 Å². The van der Waals surface area contributed by atoms with Crippen LogP contribution in [0, 0.1) is 0 Å². The van der Waals surface area contributed by atoms with Gasteiger partial charge >= 0.3 is 0 Å². The first-order valence-corrected chi connectivity index (χ1v) is 5.45. The summed E-state index contributed by atoms with van der Waals surface area (Å²) in [6.45, 7) is 5.04. The van der Waals surface area contributed by atoms with E-state index in [1.165, 1.54) is 0 Å². The lowest BCUT2D eigenvalue weighted by atomic mass is 10.1. The Morgan fingerprint density at radius 1 is 1.31 bits per heavy atom. The summed E-state index contributed by atoms with van der Waals surface area (Å²) in [6, 6.07) is 0.165. The molecule has 0 bridgehead atoms. The van der Waals surface area contributed by atoms with Gasteiger partial charge in [-0.2, -0.15) is 4.98 Å². The topological polar surface area (TPSA) is 56.3 Å². The third kappa shape index (κ3) is 2.82. The fourth-order valence-corrected chi connectivity index (χ4v) is 1.53. The summed E-state index contributed by atoms with van der Waals surface area (Å²) in [5.74, 6) is 0.985. The number of nitrogens with zero attached hydrogens (tertiary/aromatic N) is 2. The molecule has 0 amide bonds. The molecule has 0 saturated heterocycles. The van der Waals surface area contributed by atoms with E-state index in [2.05, 4.69) is 29.1 Å². The molecule has 0 saturated carbocycles.